The molecule has 138 valence electrons. The average molecular weight is 358 g/mol. The SMILES string of the molecule is CC(C)(O)C(O)Cc1c(O)ccc2c1O[C@@H](c1ccc(O)cc1)CC2=O. The number of Topliss-reactive ketones (excluding diaryl/α,β-unsaturated/α-hetero) is 1. The molecular formula is C20H22O6. The zero-order valence-corrected chi connectivity index (χ0v) is 14.6. The van der Waals surface area contributed by atoms with Gasteiger partial charge < -0.3 is 25.2 Å². The van der Waals surface area contributed by atoms with Crippen molar-refractivity contribution < 1.29 is 30.0 Å². The van der Waals surface area contributed by atoms with Gasteiger partial charge in [-0.15, -0.1) is 0 Å². The molecule has 0 saturated heterocycles. The Hall–Kier alpha value is -2.57. The van der Waals surface area contributed by atoms with Crippen LogP contribution >= 0.6 is 0 Å². The van der Waals surface area contributed by atoms with Crippen LogP contribution in [0.25, 0.3) is 0 Å². The van der Waals surface area contributed by atoms with Gasteiger partial charge in [0.25, 0.3) is 0 Å². The number of aliphatic hydroxyl groups is 2. The van der Waals surface area contributed by atoms with E-state index in [2.05, 4.69) is 0 Å². The van der Waals surface area contributed by atoms with E-state index in [1.54, 1.807) is 12.1 Å². The number of phenolic OH excluding ortho intramolecular Hbond substituents is 2. The topological polar surface area (TPSA) is 107 Å². The molecule has 1 aliphatic heterocycles. The first kappa shape index (κ1) is 18.2. The number of aromatic hydroxyl groups is 2. The lowest BCUT2D eigenvalue weighted by Crippen LogP contribution is -2.37. The van der Waals surface area contributed by atoms with Crippen molar-refractivity contribution in [2.24, 2.45) is 0 Å². The third-order valence-electron chi connectivity index (χ3n) is 4.64. The minimum absolute atomic E-state index is 0.0614. The summed E-state index contributed by atoms with van der Waals surface area (Å²) >= 11 is 0. The van der Waals surface area contributed by atoms with E-state index in [9.17, 15) is 25.2 Å². The van der Waals surface area contributed by atoms with Gasteiger partial charge >= 0.3 is 0 Å². The molecule has 2 aromatic rings. The fourth-order valence-corrected chi connectivity index (χ4v) is 2.95. The van der Waals surface area contributed by atoms with E-state index < -0.39 is 17.8 Å². The summed E-state index contributed by atoms with van der Waals surface area (Å²) in [4.78, 5) is 12.6. The van der Waals surface area contributed by atoms with Crippen LogP contribution in [0.2, 0.25) is 0 Å². The largest absolute Gasteiger partial charge is 0.508 e. The van der Waals surface area contributed by atoms with Crippen molar-refractivity contribution >= 4 is 5.78 Å². The molecule has 0 amide bonds. The number of hydrogen-bond acceptors (Lipinski definition) is 6. The van der Waals surface area contributed by atoms with Crippen LogP contribution in [0.15, 0.2) is 36.4 Å². The van der Waals surface area contributed by atoms with E-state index in [4.69, 9.17) is 4.74 Å². The molecule has 4 N–H and O–H groups in total. The Kier molecular flexibility index (Phi) is 4.64. The Morgan fingerprint density at radius 3 is 2.42 bits per heavy atom. The summed E-state index contributed by atoms with van der Waals surface area (Å²) in [7, 11) is 0. The molecule has 1 aliphatic rings. The number of hydrogen-bond donors (Lipinski definition) is 4. The standard InChI is InChI=1S/C20H22O6/c1-20(2,25)18(24)9-14-15(22)8-7-13-16(23)10-17(26-19(13)14)11-3-5-12(21)6-4-11/h3-8,17-18,21-22,24-25H,9-10H2,1-2H3/t17-,18?/m1/s1. The molecule has 0 aromatic heterocycles. The Morgan fingerprint density at radius 1 is 1.15 bits per heavy atom. The van der Waals surface area contributed by atoms with Crippen LogP contribution in [0.3, 0.4) is 0 Å². The van der Waals surface area contributed by atoms with Crippen LogP contribution in [-0.2, 0) is 6.42 Å². The van der Waals surface area contributed by atoms with Crippen LogP contribution in [0.5, 0.6) is 17.2 Å². The van der Waals surface area contributed by atoms with Gasteiger partial charge in [0.1, 0.15) is 23.4 Å². The molecule has 0 bridgehead atoms. The maximum Gasteiger partial charge on any atom is 0.170 e. The van der Waals surface area contributed by atoms with Crippen molar-refractivity contribution in [2.75, 3.05) is 0 Å². The van der Waals surface area contributed by atoms with E-state index in [0.29, 0.717) is 5.56 Å². The number of rotatable bonds is 4. The minimum Gasteiger partial charge on any atom is -0.508 e. The van der Waals surface area contributed by atoms with E-state index in [1.807, 2.05) is 0 Å². The molecule has 0 fully saturated rings. The Labute approximate surface area is 151 Å². The molecule has 0 spiro atoms. The fraction of sp³-hybridized carbons (Fsp3) is 0.350. The second-order valence-corrected chi connectivity index (χ2v) is 7.14. The molecule has 3 rings (SSSR count). The second-order valence-electron chi connectivity index (χ2n) is 7.14. The second kappa shape index (κ2) is 6.63. The highest BCUT2D eigenvalue weighted by Gasteiger charge is 2.33. The predicted molar refractivity (Wildman–Crippen MR) is 94.5 cm³/mol. The molecule has 6 nitrogen and oxygen atoms in total. The normalized spacial score (nSPS) is 18.2. The fourth-order valence-electron chi connectivity index (χ4n) is 2.95. The number of ether oxygens (including phenoxy) is 1. The third kappa shape index (κ3) is 3.52. The zero-order valence-electron chi connectivity index (χ0n) is 14.6. The monoisotopic (exact) mass is 358 g/mol. The summed E-state index contributed by atoms with van der Waals surface area (Å²) in [5.41, 5.74) is -0.0200. The number of ketones is 1. The molecule has 2 aromatic carbocycles. The van der Waals surface area contributed by atoms with Gasteiger partial charge in [-0.2, -0.15) is 0 Å². The van der Waals surface area contributed by atoms with Crippen LogP contribution in [0.4, 0.5) is 0 Å². The van der Waals surface area contributed by atoms with Crippen molar-refractivity contribution in [3.05, 3.63) is 53.1 Å². The molecule has 6 heteroatoms. The third-order valence-corrected chi connectivity index (χ3v) is 4.64. The van der Waals surface area contributed by atoms with E-state index >= 15 is 0 Å². The van der Waals surface area contributed by atoms with Crippen LogP contribution < -0.4 is 4.74 Å². The summed E-state index contributed by atoms with van der Waals surface area (Å²) in [5, 5.41) is 39.9. The number of carbonyl (C=O) groups excluding carboxylic acids is 1. The van der Waals surface area contributed by atoms with Gasteiger partial charge in [0, 0.05) is 12.0 Å². The minimum atomic E-state index is -1.37. The van der Waals surface area contributed by atoms with Crippen molar-refractivity contribution in [2.45, 2.75) is 44.5 Å². The summed E-state index contributed by atoms with van der Waals surface area (Å²) in [6.45, 7) is 2.94. The number of carbonyl (C=O) groups is 1. The van der Waals surface area contributed by atoms with Crippen molar-refractivity contribution in [1.29, 1.82) is 0 Å². The predicted octanol–water partition coefficient (Wildman–Crippen LogP) is 2.48. The van der Waals surface area contributed by atoms with Gasteiger partial charge in [-0.1, -0.05) is 12.1 Å². The highest BCUT2D eigenvalue weighted by atomic mass is 16.5. The molecule has 0 saturated carbocycles. The zero-order chi connectivity index (χ0) is 19.1. The van der Waals surface area contributed by atoms with E-state index in [-0.39, 0.29) is 41.4 Å². The number of benzene rings is 2. The van der Waals surface area contributed by atoms with Crippen molar-refractivity contribution in [3.63, 3.8) is 0 Å². The lowest BCUT2D eigenvalue weighted by atomic mass is 9.90. The van der Waals surface area contributed by atoms with Crippen LogP contribution in [-0.4, -0.2) is 37.9 Å². The van der Waals surface area contributed by atoms with Gasteiger partial charge in [-0.25, -0.2) is 0 Å². The lowest BCUT2D eigenvalue weighted by molar-refractivity contribution is -0.0474. The van der Waals surface area contributed by atoms with E-state index in [1.165, 1.54) is 38.1 Å². The average Bonchev–Trinajstić information content (AvgIpc) is 2.57. The number of aliphatic hydroxyl groups excluding tert-OH is 1. The Morgan fingerprint density at radius 2 is 1.81 bits per heavy atom. The molecule has 2 atom stereocenters. The Bertz CT molecular complexity index is 819. The molecule has 1 heterocycles. The highest BCUT2D eigenvalue weighted by molar-refractivity contribution is 6.00. The van der Waals surface area contributed by atoms with Crippen molar-refractivity contribution in [1.82, 2.24) is 0 Å². The highest BCUT2D eigenvalue weighted by Crippen LogP contribution is 2.41. The first-order valence-electron chi connectivity index (χ1n) is 8.41. The number of phenols is 2. The van der Waals surface area contributed by atoms with E-state index in [0.717, 1.165) is 5.56 Å². The van der Waals surface area contributed by atoms with Gasteiger partial charge in [-0.05, 0) is 43.7 Å². The van der Waals surface area contributed by atoms with Gasteiger partial charge in [0.05, 0.1) is 23.7 Å². The maximum atomic E-state index is 12.6. The van der Waals surface area contributed by atoms with Gasteiger partial charge in [0.2, 0.25) is 0 Å². The van der Waals surface area contributed by atoms with Crippen LogP contribution in [0, 0.1) is 0 Å². The molecule has 26 heavy (non-hydrogen) atoms. The van der Waals surface area contributed by atoms with Gasteiger partial charge in [-0.3, -0.25) is 4.79 Å². The summed E-state index contributed by atoms with van der Waals surface area (Å²) in [6, 6.07) is 9.27. The van der Waals surface area contributed by atoms with Gasteiger partial charge in [0.15, 0.2) is 5.78 Å². The summed E-state index contributed by atoms with van der Waals surface area (Å²) in [6.07, 6.45) is -1.63. The first-order chi connectivity index (χ1) is 12.2. The number of fused-ring (bicyclic) bond motifs is 1. The molecule has 0 radical (unpaired) electrons. The lowest BCUT2D eigenvalue weighted by Gasteiger charge is -2.30. The molecule has 1 unspecified atom stereocenters. The molecule has 0 aliphatic carbocycles. The van der Waals surface area contributed by atoms with Crippen molar-refractivity contribution in [3.8, 4) is 17.2 Å². The first-order valence-corrected chi connectivity index (χ1v) is 8.41. The summed E-state index contributed by atoms with van der Waals surface area (Å²) in [5.74, 6) is 0.0973. The summed E-state index contributed by atoms with van der Waals surface area (Å²) < 4.78 is 6.00. The Balaban J connectivity index is 1.99. The maximum absolute atomic E-state index is 12.6. The smallest absolute Gasteiger partial charge is 0.170 e. The molecular weight excluding hydrogens is 336 g/mol. The quantitative estimate of drug-likeness (QED) is 0.669. The van der Waals surface area contributed by atoms with Crippen LogP contribution in [0.1, 0.15) is 47.9 Å².